The van der Waals surface area contributed by atoms with E-state index < -0.39 is 0 Å². The lowest BCUT2D eigenvalue weighted by molar-refractivity contribution is 0.318. The number of aryl methyl sites for hydroxylation is 1. The van der Waals surface area contributed by atoms with Crippen molar-refractivity contribution in [3.63, 3.8) is 0 Å². The van der Waals surface area contributed by atoms with Crippen molar-refractivity contribution in [3.8, 4) is 11.6 Å². The molecule has 1 heterocycles. The highest BCUT2D eigenvalue weighted by Crippen LogP contribution is 2.23. The second-order valence-corrected chi connectivity index (χ2v) is 3.71. The number of oxime groups is 1. The molecule has 0 aliphatic heterocycles. The topological polar surface area (TPSA) is 80.7 Å². The standard InChI is InChI=1S/C13H13N3O2/c1-9-7-8-11(12(14)16-17)13(15-9)18-10-5-3-2-4-6-10/h2-8,17H,1H3,(H2,14,16). The maximum absolute atomic E-state index is 8.73. The van der Waals surface area contributed by atoms with E-state index in [9.17, 15) is 0 Å². The molecule has 0 amide bonds. The van der Waals surface area contributed by atoms with Gasteiger partial charge >= 0.3 is 0 Å². The van der Waals surface area contributed by atoms with Crippen molar-refractivity contribution < 1.29 is 9.94 Å². The lowest BCUT2D eigenvalue weighted by atomic mass is 10.2. The van der Waals surface area contributed by atoms with Crippen molar-refractivity contribution in [2.24, 2.45) is 10.9 Å². The first-order valence-electron chi connectivity index (χ1n) is 5.39. The van der Waals surface area contributed by atoms with Crippen LogP contribution in [0.3, 0.4) is 0 Å². The van der Waals surface area contributed by atoms with Crippen molar-refractivity contribution in [2.75, 3.05) is 0 Å². The SMILES string of the molecule is Cc1ccc(C(N)=NO)c(Oc2ccccc2)n1. The molecule has 2 aromatic rings. The number of hydrogen-bond acceptors (Lipinski definition) is 4. The van der Waals surface area contributed by atoms with Gasteiger partial charge in [-0.1, -0.05) is 23.4 Å². The molecule has 5 heteroatoms. The zero-order valence-corrected chi connectivity index (χ0v) is 9.87. The van der Waals surface area contributed by atoms with Crippen molar-refractivity contribution in [1.82, 2.24) is 4.98 Å². The number of rotatable bonds is 3. The third-order valence-electron chi connectivity index (χ3n) is 2.34. The average molecular weight is 243 g/mol. The summed E-state index contributed by atoms with van der Waals surface area (Å²) in [5, 5.41) is 11.7. The molecule has 2 rings (SSSR count). The number of ether oxygens (including phenoxy) is 1. The Morgan fingerprint density at radius 3 is 2.61 bits per heavy atom. The third kappa shape index (κ3) is 2.57. The van der Waals surface area contributed by atoms with Crippen LogP contribution in [-0.4, -0.2) is 16.0 Å². The Labute approximate surface area is 105 Å². The van der Waals surface area contributed by atoms with Crippen molar-refractivity contribution >= 4 is 5.84 Å². The van der Waals surface area contributed by atoms with Crippen LogP contribution < -0.4 is 10.5 Å². The summed E-state index contributed by atoms with van der Waals surface area (Å²) in [4.78, 5) is 4.24. The van der Waals surface area contributed by atoms with Crippen LogP contribution >= 0.6 is 0 Å². The van der Waals surface area contributed by atoms with Crippen LogP contribution in [0.2, 0.25) is 0 Å². The van der Waals surface area contributed by atoms with Gasteiger partial charge in [-0.15, -0.1) is 0 Å². The molecule has 0 bridgehead atoms. The largest absolute Gasteiger partial charge is 0.438 e. The summed E-state index contributed by atoms with van der Waals surface area (Å²) in [5.41, 5.74) is 6.82. The first-order chi connectivity index (χ1) is 8.70. The highest BCUT2D eigenvalue weighted by Gasteiger charge is 2.11. The van der Waals surface area contributed by atoms with Crippen molar-refractivity contribution in [3.05, 3.63) is 53.7 Å². The van der Waals surface area contributed by atoms with Gasteiger partial charge in [-0.3, -0.25) is 0 Å². The minimum absolute atomic E-state index is 0.0339. The molecule has 0 radical (unpaired) electrons. The fourth-order valence-corrected chi connectivity index (χ4v) is 1.46. The fourth-order valence-electron chi connectivity index (χ4n) is 1.46. The van der Waals surface area contributed by atoms with Crippen LogP contribution in [0.1, 0.15) is 11.3 Å². The quantitative estimate of drug-likeness (QED) is 0.375. The summed E-state index contributed by atoms with van der Waals surface area (Å²) in [6, 6.07) is 12.7. The summed E-state index contributed by atoms with van der Waals surface area (Å²) in [7, 11) is 0. The molecule has 0 aliphatic carbocycles. The zero-order valence-electron chi connectivity index (χ0n) is 9.87. The van der Waals surface area contributed by atoms with Crippen LogP contribution in [0.25, 0.3) is 0 Å². The monoisotopic (exact) mass is 243 g/mol. The van der Waals surface area contributed by atoms with E-state index in [2.05, 4.69) is 10.1 Å². The first kappa shape index (κ1) is 11.9. The highest BCUT2D eigenvalue weighted by atomic mass is 16.5. The number of aromatic nitrogens is 1. The minimum Gasteiger partial charge on any atom is -0.438 e. The Morgan fingerprint density at radius 2 is 1.94 bits per heavy atom. The number of benzene rings is 1. The van der Waals surface area contributed by atoms with Gasteiger partial charge < -0.3 is 15.7 Å². The molecular weight excluding hydrogens is 230 g/mol. The minimum atomic E-state index is -0.0339. The van der Waals surface area contributed by atoms with Gasteiger partial charge in [0.25, 0.3) is 0 Å². The molecule has 0 atom stereocenters. The van der Waals surface area contributed by atoms with Crippen molar-refractivity contribution in [1.29, 1.82) is 0 Å². The van der Waals surface area contributed by atoms with E-state index in [0.717, 1.165) is 5.69 Å². The van der Waals surface area contributed by atoms with Gasteiger partial charge in [-0.25, -0.2) is 4.98 Å². The molecule has 0 spiro atoms. The predicted molar refractivity (Wildman–Crippen MR) is 68.0 cm³/mol. The van der Waals surface area contributed by atoms with Crippen LogP contribution in [-0.2, 0) is 0 Å². The molecule has 5 nitrogen and oxygen atoms in total. The van der Waals surface area contributed by atoms with Crippen LogP contribution in [0.4, 0.5) is 0 Å². The van der Waals surface area contributed by atoms with E-state index in [1.807, 2.05) is 25.1 Å². The summed E-state index contributed by atoms with van der Waals surface area (Å²) >= 11 is 0. The second kappa shape index (κ2) is 5.18. The van der Waals surface area contributed by atoms with E-state index in [1.54, 1.807) is 24.3 Å². The molecule has 1 aromatic carbocycles. The Hall–Kier alpha value is -2.56. The van der Waals surface area contributed by atoms with Gasteiger partial charge in [0.05, 0.1) is 5.56 Å². The van der Waals surface area contributed by atoms with Gasteiger partial charge in [0.15, 0.2) is 5.84 Å². The second-order valence-electron chi connectivity index (χ2n) is 3.71. The predicted octanol–water partition coefficient (Wildman–Crippen LogP) is 2.28. The Morgan fingerprint density at radius 1 is 1.22 bits per heavy atom. The van der Waals surface area contributed by atoms with Crippen LogP contribution in [0.5, 0.6) is 11.6 Å². The van der Waals surface area contributed by atoms with Gasteiger partial charge in [0.1, 0.15) is 5.75 Å². The molecule has 0 aliphatic rings. The molecule has 0 saturated carbocycles. The summed E-state index contributed by atoms with van der Waals surface area (Å²) < 4.78 is 5.63. The van der Waals surface area contributed by atoms with Gasteiger partial charge in [0.2, 0.25) is 5.88 Å². The van der Waals surface area contributed by atoms with Gasteiger partial charge in [-0.05, 0) is 31.2 Å². The third-order valence-corrected chi connectivity index (χ3v) is 2.34. The number of para-hydroxylation sites is 1. The zero-order chi connectivity index (χ0) is 13.0. The van der Waals surface area contributed by atoms with E-state index in [-0.39, 0.29) is 5.84 Å². The Kier molecular flexibility index (Phi) is 3.43. The molecule has 0 saturated heterocycles. The maximum Gasteiger partial charge on any atom is 0.230 e. The maximum atomic E-state index is 8.73. The number of amidine groups is 1. The van der Waals surface area contributed by atoms with Crippen LogP contribution in [0, 0.1) is 6.92 Å². The molecule has 1 aromatic heterocycles. The van der Waals surface area contributed by atoms with E-state index in [4.69, 9.17) is 15.7 Å². The van der Waals surface area contributed by atoms with Crippen molar-refractivity contribution in [2.45, 2.75) is 6.92 Å². The smallest absolute Gasteiger partial charge is 0.230 e. The molecule has 0 unspecified atom stereocenters. The number of hydrogen-bond donors (Lipinski definition) is 2. The molecule has 18 heavy (non-hydrogen) atoms. The van der Waals surface area contributed by atoms with Crippen LogP contribution in [0.15, 0.2) is 47.6 Å². The molecule has 3 N–H and O–H groups in total. The highest BCUT2D eigenvalue weighted by molar-refractivity contribution is 5.99. The Balaban J connectivity index is 2.40. The molecule has 92 valence electrons. The molecule has 0 fully saturated rings. The summed E-state index contributed by atoms with van der Waals surface area (Å²) in [6.45, 7) is 1.84. The van der Waals surface area contributed by atoms with Gasteiger partial charge in [0, 0.05) is 5.69 Å². The Bertz CT molecular complexity index is 568. The fraction of sp³-hybridized carbons (Fsp3) is 0.0769. The van der Waals surface area contributed by atoms with Gasteiger partial charge in [-0.2, -0.15) is 0 Å². The number of pyridine rings is 1. The number of nitrogens with zero attached hydrogens (tertiary/aromatic N) is 2. The van der Waals surface area contributed by atoms with E-state index in [1.165, 1.54) is 0 Å². The number of nitrogens with two attached hydrogens (primary N) is 1. The average Bonchev–Trinajstić information content (AvgIpc) is 2.39. The summed E-state index contributed by atoms with van der Waals surface area (Å²) in [6.07, 6.45) is 0. The lowest BCUT2D eigenvalue weighted by Crippen LogP contribution is -2.15. The summed E-state index contributed by atoms with van der Waals surface area (Å²) in [5.74, 6) is 0.924. The normalized spacial score (nSPS) is 11.3. The van der Waals surface area contributed by atoms with E-state index >= 15 is 0 Å². The molecular formula is C13H13N3O2. The van der Waals surface area contributed by atoms with E-state index in [0.29, 0.717) is 17.2 Å². The first-order valence-corrected chi connectivity index (χ1v) is 5.39. The lowest BCUT2D eigenvalue weighted by Gasteiger charge is -2.09.